The topological polar surface area (TPSA) is 26.3 Å². The second-order valence-electron chi connectivity index (χ2n) is 4.93. The van der Waals surface area contributed by atoms with E-state index >= 15 is 0 Å². The number of aryl methyl sites for hydroxylation is 1. The van der Waals surface area contributed by atoms with E-state index in [1.54, 1.807) is 18.2 Å². The number of ether oxygens (including phenoxy) is 1. The van der Waals surface area contributed by atoms with Crippen LogP contribution >= 0.6 is 0 Å². The highest BCUT2D eigenvalue weighted by Crippen LogP contribution is 2.33. The van der Waals surface area contributed by atoms with Gasteiger partial charge in [0.2, 0.25) is 0 Å². The molecule has 0 saturated carbocycles. The van der Waals surface area contributed by atoms with Crippen molar-refractivity contribution in [1.29, 1.82) is 0 Å². The molecule has 0 N–H and O–H groups in total. The molecule has 23 heavy (non-hydrogen) atoms. The van der Waals surface area contributed by atoms with Crippen molar-refractivity contribution in [1.82, 2.24) is 0 Å². The number of carbonyl (C=O) groups excluding carboxylic acids is 1. The zero-order valence-corrected chi connectivity index (χ0v) is 12.3. The Hall–Kier alpha value is -2.37. The summed E-state index contributed by atoms with van der Waals surface area (Å²) < 4.78 is 57.0. The van der Waals surface area contributed by atoms with Gasteiger partial charge < -0.3 is 4.74 Å². The third-order valence-corrected chi connectivity index (χ3v) is 3.20. The summed E-state index contributed by atoms with van der Waals surface area (Å²) >= 11 is 0. The minimum Gasteiger partial charge on any atom is -0.423 e. The Kier molecular flexibility index (Phi) is 5.03. The Morgan fingerprint density at radius 1 is 1.13 bits per heavy atom. The Morgan fingerprint density at radius 3 is 2.48 bits per heavy atom. The van der Waals surface area contributed by atoms with E-state index in [4.69, 9.17) is 4.74 Å². The van der Waals surface area contributed by atoms with Gasteiger partial charge >= 0.3 is 12.1 Å². The second-order valence-corrected chi connectivity index (χ2v) is 4.93. The average molecular weight is 326 g/mol. The van der Waals surface area contributed by atoms with Gasteiger partial charge in [0.1, 0.15) is 11.6 Å². The zero-order valence-electron chi connectivity index (χ0n) is 12.3. The van der Waals surface area contributed by atoms with Gasteiger partial charge in [0.25, 0.3) is 0 Å². The first-order valence-electron chi connectivity index (χ1n) is 6.99. The maximum Gasteiger partial charge on any atom is 0.417 e. The molecule has 0 saturated heterocycles. The number of esters is 1. The summed E-state index contributed by atoms with van der Waals surface area (Å²) in [5, 5.41) is 0. The molecule has 0 spiro atoms. The van der Waals surface area contributed by atoms with Gasteiger partial charge in [-0.25, -0.2) is 9.18 Å². The molecule has 0 aromatic heterocycles. The van der Waals surface area contributed by atoms with Gasteiger partial charge in [0, 0.05) is 0 Å². The molecule has 122 valence electrons. The van der Waals surface area contributed by atoms with Crippen molar-refractivity contribution in [2.24, 2.45) is 0 Å². The van der Waals surface area contributed by atoms with Crippen molar-refractivity contribution in [3.8, 4) is 5.75 Å². The van der Waals surface area contributed by atoms with Crippen LogP contribution in [0.25, 0.3) is 0 Å². The van der Waals surface area contributed by atoms with Crippen LogP contribution in [0.5, 0.6) is 5.75 Å². The van der Waals surface area contributed by atoms with Crippen LogP contribution in [0.1, 0.15) is 34.8 Å². The van der Waals surface area contributed by atoms with Crippen LogP contribution in [-0.4, -0.2) is 5.97 Å². The van der Waals surface area contributed by atoms with Gasteiger partial charge in [-0.15, -0.1) is 0 Å². The molecule has 0 atom stereocenters. The first-order chi connectivity index (χ1) is 10.8. The van der Waals surface area contributed by atoms with Crippen LogP contribution in [0.2, 0.25) is 0 Å². The fourth-order valence-electron chi connectivity index (χ4n) is 2.16. The molecule has 0 radical (unpaired) electrons. The highest BCUT2D eigenvalue weighted by molar-refractivity contribution is 5.93. The van der Waals surface area contributed by atoms with Gasteiger partial charge in [0.15, 0.2) is 0 Å². The van der Waals surface area contributed by atoms with E-state index < -0.39 is 29.1 Å². The molecular weight excluding hydrogens is 312 g/mol. The third-order valence-electron chi connectivity index (χ3n) is 3.20. The molecule has 2 rings (SSSR count). The lowest BCUT2D eigenvalue weighted by atomic mass is 10.1. The number of hydrogen-bond donors (Lipinski definition) is 0. The summed E-state index contributed by atoms with van der Waals surface area (Å²) in [5.74, 6) is -2.03. The lowest BCUT2D eigenvalue weighted by Crippen LogP contribution is -2.17. The molecule has 0 bridgehead atoms. The maximum absolute atomic E-state index is 13.1. The van der Waals surface area contributed by atoms with Crippen LogP contribution in [0.15, 0.2) is 42.5 Å². The standard InChI is InChI=1S/C17H14F4O2/c1-2-5-11-6-3-4-7-15(11)23-16(22)13-9-8-12(18)10-14(13)17(19,20)21/h3-4,6-10H,2,5H2,1H3. The van der Waals surface area contributed by atoms with Gasteiger partial charge in [-0.05, 0) is 36.2 Å². The van der Waals surface area contributed by atoms with Gasteiger partial charge in [-0.3, -0.25) is 0 Å². The van der Waals surface area contributed by atoms with E-state index in [2.05, 4.69) is 0 Å². The SMILES string of the molecule is CCCc1ccccc1OC(=O)c1ccc(F)cc1C(F)(F)F. The fraction of sp³-hybridized carbons (Fsp3) is 0.235. The maximum atomic E-state index is 13.1. The molecule has 0 aliphatic heterocycles. The van der Waals surface area contributed by atoms with Crippen molar-refractivity contribution in [2.75, 3.05) is 0 Å². The number of rotatable bonds is 4. The Balaban J connectivity index is 2.36. The van der Waals surface area contributed by atoms with Crippen molar-refractivity contribution in [3.05, 3.63) is 65.0 Å². The number of carbonyl (C=O) groups is 1. The third kappa shape index (κ3) is 4.09. The summed E-state index contributed by atoms with van der Waals surface area (Å²) in [7, 11) is 0. The number of alkyl halides is 3. The normalized spacial score (nSPS) is 11.3. The zero-order chi connectivity index (χ0) is 17.0. The Bertz CT molecular complexity index is 708. The number of halogens is 4. The van der Waals surface area contributed by atoms with E-state index in [-0.39, 0.29) is 11.8 Å². The molecule has 0 aliphatic rings. The Morgan fingerprint density at radius 2 is 1.83 bits per heavy atom. The lowest BCUT2D eigenvalue weighted by Gasteiger charge is -2.13. The summed E-state index contributed by atoms with van der Waals surface area (Å²) in [5.41, 5.74) is -1.35. The molecule has 0 amide bonds. The first kappa shape index (κ1) is 17.0. The van der Waals surface area contributed by atoms with E-state index in [1.807, 2.05) is 6.92 Å². The van der Waals surface area contributed by atoms with Crippen LogP contribution < -0.4 is 4.74 Å². The smallest absolute Gasteiger partial charge is 0.417 e. The highest BCUT2D eigenvalue weighted by Gasteiger charge is 2.36. The highest BCUT2D eigenvalue weighted by atomic mass is 19.4. The minimum absolute atomic E-state index is 0.205. The van der Waals surface area contributed by atoms with E-state index in [0.717, 1.165) is 24.1 Å². The predicted octanol–water partition coefficient (Wildman–Crippen LogP) is 5.02. The molecule has 0 aliphatic carbocycles. The largest absolute Gasteiger partial charge is 0.423 e. The molecule has 6 heteroatoms. The number of para-hydroxylation sites is 1. The summed E-state index contributed by atoms with van der Waals surface area (Å²) in [6.45, 7) is 1.93. The van der Waals surface area contributed by atoms with E-state index in [9.17, 15) is 22.4 Å². The van der Waals surface area contributed by atoms with Crippen LogP contribution in [0.4, 0.5) is 17.6 Å². The second kappa shape index (κ2) is 6.81. The molecule has 0 unspecified atom stereocenters. The average Bonchev–Trinajstić information content (AvgIpc) is 2.48. The molecular formula is C17H14F4O2. The van der Waals surface area contributed by atoms with Crippen LogP contribution in [0, 0.1) is 5.82 Å². The quantitative estimate of drug-likeness (QED) is 0.448. The summed E-state index contributed by atoms with van der Waals surface area (Å²) in [6, 6.07) is 8.49. The number of benzene rings is 2. The molecule has 2 nitrogen and oxygen atoms in total. The van der Waals surface area contributed by atoms with Crippen molar-refractivity contribution < 1.29 is 27.1 Å². The van der Waals surface area contributed by atoms with E-state index in [0.29, 0.717) is 6.42 Å². The molecule has 2 aromatic rings. The van der Waals surface area contributed by atoms with Crippen molar-refractivity contribution >= 4 is 5.97 Å². The van der Waals surface area contributed by atoms with Crippen LogP contribution in [0.3, 0.4) is 0 Å². The van der Waals surface area contributed by atoms with Gasteiger partial charge in [-0.1, -0.05) is 31.5 Å². The van der Waals surface area contributed by atoms with Gasteiger partial charge in [-0.2, -0.15) is 13.2 Å². The first-order valence-corrected chi connectivity index (χ1v) is 6.99. The summed E-state index contributed by atoms with van der Waals surface area (Å²) in [6.07, 6.45) is -3.43. The predicted molar refractivity (Wildman–Crippen MR) is 76.8 cm³/mol. The van der Waals surface area contributed by atoms with Crippen molar-refractivity contribution in [2.45, 2.75) is 25.9 Å². The van der Waals surface area contributed by atoms with E-state index in [1.165, 1.54) is 6.07 Å². The number of hydrogen-bond acceptors (Lipinski definition) is 2. The summed E-state index contributed by atoms with van der Waals surface area (Å²) in [4.78, 5) is 12.1. The molecule has 0 fully saturated rings. The molecule has 2 aromatic carbocycles. The monoisotopic (exact) mass is 326 g/mol. The lowest BCUT2D eigenvalue weighted by molar-refractivity contribution is -0.138. The molecule has 0 heterocycles. The minimum atomic E-state index is -4.85. The van der Waals surface area contributed by atoms with Gasteiger partial charge in [0.05, 0.1) is 11.1 Å². The Labute approximate surface area is 130 Å². The fourth-order valence-corrected chi connectivity index (χ4v) is 2.16. The van der Waals surface area contributed by atoms with Crippen molar-refractivity contribution in [3.63, 3.8) is 0 Å². The van der Waals surface area contributed by atoms with Crippen LogP contribution in [-0.2, 0) is 12.6 Å².